The molecule has 0 aliphatic heterocycles. The lowest BCUT2D eigenvalue weighted by atomic mass is 10.0. The lowest BCUT2D eigenvalue weighted by Gasteiger charge is -2.03. The van der Waals surface area contributed by atoms with Crippen molar-refractivity contribution in [3.05, 3.63) is 54.2 Å². The lowest BCUT2D eigenvalue weighted by molar-refractivity contribution is 1.42. The van der Waals surface area contributed by atoms with Crippen LogP contribution in [-0.2, 0) is 0 Å². The molecule has 0 fully saturated rings. The summed E-state index contributed by atoms with van der Waals surface area (Å²) in [7, 11) is 0. The summed E-state index contributed by atoms with van der Waals surface area (Å²) < 4.78 is 0. The summed E-state index contributed by atoms with van der Waals surface area (Å²) in [5.74, 6) is 0. The highest BCUT2D eigenvalue weighted by atomic mass is 14.6. The Bertz CT molecular complexity index is 641. The molecule has 3 rings (SSSR count). The van der Waals surface area contributed by atoms with Gasteiger partial charge in [0.25, 0.3) is 0 Å². The third-order valence-electron chi connectivity index (χ3n) is 2.75. The molecule has 0 spiro atoms. The minimum Gasteiger partial charge on any atom is -0.256 e. The highest BCUT2D eigenvalue weighted by molar-refractivity contribution is 6.05. The average molecular weight is 193 g/mol. The number of hydrogen-bond acceptors (Lipinski definition) is 1. The van der Waals surface area contributed by atoms with Crippen LogP contribution in [0.2, 0.25) is 0 Å². The summed E-state index contributed by atoms with van der Waals surface area (Å²) in [5, 5.41) is 3.70. The smallest absolute Gasteiger partial charge is 0.0780 e. The Kier molecular flexibility index (Phi) is 1.72. The van der Waals surface area contributed by atoms with Crippen molar-refractivity contribution in [2.75, 3.05) is 0 Å². The zero-order chi connectivity index (χ0) is 10.3. The normalized spacial score (nSPS) is 11.0. The molecule has 1 heterocycles. The van der Waals surface area contributed by atoms with Crippen LogP contribution in [0.25, 0.3) is 21.7 Å². The first-order valence-corrected chi connectivity index (χ1v) is 5.09. The third-order valence-corrected chi connectivity index (χ3v) is 2.75. The van der Waals surface area contributed by atoms with E-state index < -0.39 is 0 Å². The Labute approximate surface area is 88.4 Å². The van der Waals surface area contributed by atoms with Gasteiger partial charge in [-0.25, -0.2) is 0 Å². The predicted molar refractivity (Wildman–Crippen MR) is 64.0 cm³/mol. The molecule has 15 heavy (non-hydrogen) atoms. The van der Waals surface area contributed by atoms with Gasteiger partial charge in [0.15, 0.2) is 0 Å². The zero-order valence-corrected chi connectivity index (χ0v) is 8.57. The molecule has 0 saturated carbocycles. The molecule has 0 amide bonds. The van der Waals surface area contributed by atoms with Crippen LogP contribution in [-0.4, -0.2) is 4.98 Å². The Hall–Kier alpha value is -1.89. The monoisotopic (exact) mass is 193 g/mol. The van der Waals surface area contributed by atoms with Crippen molar-refractivity contribution in [1.82, 2.24) is 4.98 Å². The van der Waals surface area contributed by atoms with Crippen LogP contribution in [0.5, 0.6) is 0 Å². The Morgan fingerprint density at radius 3 is 2.67 bits per heavy atom. The molecule has 0 aliphatic carbocycles. The van der Waals surface area contributed by atoms with Gasteiger partial charge in [0.1, 0.15) is 0 Å². The van der Waals surface area contributed by atoms with Crippen molar-refractivity contribution >= 4 is 21.7 Å². The van der Waals surface area contributed by atoms with Gasteiger partial charge in [-0.05, 0) is 24.4 Å². The minimum atomic E-state index is 1.10. The van der Waals surface area contributed by atoms with E-state index in [2.05, 4.69) is 48.3 Å². The van der Waals surface area contributed by atoms with Gasteiger partial charge in [-0.3, -0.25) is 4.98 Å². The number of pyridine rings is 1. The summed E-state index contributed by atoms with van der Waals surface area (Å²) in [6.07, 6.45) is 1.85. The van der Waals surface area contributed by atoms with E-state index in [0.717, 1.165) is 5.52 Å². The Morgan fingerprint density at radius 2 is 1.73 bits per heavy atom. The molecule has 0 aliphatic rings. The van der Waals surface area contributed by atoms with E-state index in [0.29, 0.717) is 0 Å². The lowest BCUT2D eigenvalue weighted by Crippen LogP contribution is -1.81. The van der Waals surface area contributed by atoms with Crippen molar-refractivity contribution in [3.63, 3.8) is 0 Å². The number of fused-ring (bicyclic) bond motifs is 3. The molecule has 0 atom stereocenters. The Balaban J connectivity index is 2.57. The summed E-state index contributed by atoms with van der Waals surface area (Å²) in [6, 6.07) is 14.8. The molecule has 1 nitrogen and oxygen atoms in total. The molecular formula is C14H11N. The van der Waals surface area contributed by atoms with Gasteiger partial charge in [0.2, 0.25) is 0 Å². The molecule has 72 valence electrons. The van der Waals surface area contributed by atoms with Crippen LogP contribution in [0.1, 0.15) is 5.56 Å². The molecule has 1 aromatic heterocycles. The van der Waals surface area contributed by atoms with Crippen LogP contribution in [0.4, 0.5) is 0 Å². The van der Waals surface area contributed by atoms with Crippen molar-refractivity contribution in [2.45, 2.75) is 6.92 Å². The van der Waals surface area contributed by atoms with Crippen LogP contribution in [0.3, 0.4) is 0 Å². The topological polar surface area (TPSA) is 12.9 Å². The van der Waals surface area contributed by atoms with E-state index in [9.17, 15) is 0 Å². The van der Waals surface area contributed by atoms with Crippen LogP contribution in [0.15, 0.2) is 48.7 Å². The average Bonchev–Trinajstić information content (AvgIpc) is 2.29. The first-order chi connectivity index (χ1) is 7.34. The van der Waals surface area contributed by atoms with Gasteiger partial charge >= 0.3 is 0 Å². The van der Waals surface area contributed by atoms with Crippen molar-refractivity contribution in [1.29, 1.82) is 0 Å². The van der Waals surface area contributed by atoms with E-state index >= 15 is 0 Å². The summed E-state index contributed by atoms with van der Waals surface area (Å²) in [4.78, 5) is 4.45. The SMILES string of the molecule is Cc1ccc2ccc3cccnc3c2c1. The summed E-state index contributed by atoms with van der Waals surface area (Å²) in [6.45, 7) is 2.11. The number of hydrogen-bond donors (Lipinski definition) is 0. The highest BCUT2D eigenvalue weighted by Crippen LogP contribution is 2.24. The van der Waals surface area contributed by atoms with E-state index in [1.807, 2.05) is 12.3 Å². The molecule has 0 radical (unpaired) electrons. The molecule has 0 unspecified atom stereocenters. The fourth-order valence-electron chi connectivity index (χ4n) is 1.98. The second kappa shape index (κ2) is 3.06. The maximum Gasteiger partial charge on any atom is 0.0780 e. The molecule has 2 aromatic carbocycles. The number of aryl methyl sites for hydroxylation is 1. The van der Waals surface area contributed by atoms with Crippen LogP contribution < -0.4 is 0 Å². The fraction of sp³-hybridized carbons (Fsp3) is 0.0714. The summed E-state index contributed by atoms with van der Waals surface area (Å²) in [5.41, 5.74) is 2.37. The van der Waals surface area contributed by atoms with Crippen LogP contribution in [0, 0.1) is 6.92 Å². The van der Waals surface area contributed by atoms with Gasteiger partial charge < -0.3 is 0 Å². The second-order valence-corrected chi connectivity index (χ2v) is 3.87. The number of benzene rings is 2. The summed E-state index contributed by atoms with van der Waals surface area (Å²) >= 11 is 0. The number of nitrogens with zero attached hydrogens (tertiary/aromatic N) is 1. The van der Waals surface area contributed by atoms with Gasteiger partial charge in [-0.1, -0.05) is 35.9 Å². The number of rotatable bonds is 0. The molecule has 0 N–H and O–H groups in total. The largest absolute Gasteiger partial charge is 0.256 e. The first-order valence-electron chi connectivity index (χ1n) is 5.09. The molecule has 3 aromatic rings. The van der Waals surface area contributed by atoms with Gasteiger partial charge in [-0.15, -0.1) is 0 Å². The Morgan fingerprint density at radius 1 is 0.933 bits per heavy atom. The quantitative estimate of drug-likeness (QED) is 0.496. The maximum atomic E-state index is 4.45. The predicted octanol–water partition coefficient (Wildman–Crippen LogP) is 3.70. The van der Waals surface area contributed by atoms with Gasteiger partial charge in [0, 0.05) is 17.0 Å². The maximum absolute atomic E-state index is 4.45. The van der Waals surface area contributed by atoms with Gasteiger partial charge in [0.05, 0.1) is 5.52 Å². The molecule has 0 bridgehead atoms. The first kappa shape index (κ1) is 8.42. The molecule has 1 heteroatoms. The third kappa shape index (κ3) is 1.28. The van der Waals surface area contributed by atoms with E-state index in [1.54, 1.807) is 0 Å². The van der Waals surface area contributed by atoms with Gasteiger partial charge in [-0.2, -0.15) is 0 Å². The second-order valence-electron chi connectivity index (χ2n) is 3.87. The minimum absolute atomic E-state index is 1.10. The van der Waals surface area contributed by atoms with E-state index in [4.69, 9.17) is 0 Å². The number of aromatic nitrogens is 1. The molecular weight excluding hydrogens is 182 g/mol. The zero-order valence-electron chi connectivity index (χ0n) is 8.57. The molecule has 0 saturated heterocycles. The van der Waals surface area contributed by atoms with E-state index in [1.165, 1.54) is 21.7 Å². The highest BCUT2D eigenvalue weighted by Gasteiger charge is 2.00. The van der Waals surface area contributed by atoms with Crippen molar-refractivity contribution < 1.29 is 0 Å². The fourth-order valence-corrected chi connectivity index (χ4v) is 1.98. The van der Waals surface area contributed by atoms with Crippen molar-refractivity contribution in [2.24, 2.45) is 0 Å². The standard InChI is InChI=1S/C14H11N/c1-10-4-5-11-6-7-12-3-2-8-15-14(12)13(11)9-10/h2-9H,1H3. The van der Waals surface area contributed by atoms with E-state index in [-0.39, 0.29) is 0 Å². The van der Waals surface area contributed by atoms with Crippen molar-refractivity contribution in [3.8, 4) is 0 Å². The van der Waals surface area contributed by atoms with Crippen LogP contribution >= 0.6 is 0 Å².